The van der Waals surface area contributed by atoms with Crippen LogP contribution in [0.25, 0.3) is 0 Å². The number of halogens is 3. The topological polar surface area (TPSA) is 38.0 Å². The van der Waals surface area contributed by atoms with Gasteiger partial charge in [-0.15, -0.1) is 0 Å². The van der Waals surface area contributed by atoms with E-state index in [-0.39, 0.29) is 11.9 Å². The second-order valence-corrected chi connectivity index (χ2v) is 4.89. The molecule has 0 heterocycles. The molecule has 0 saturated carbocycles. The lowest BCUT2D eigenvalue weighted by atomic mass is 10.1. The largest absolute Gasteiger partial charge is 0.377 e. The standard InChI is InChI=1S/C14H13Cl2FN2/c15-11-2-1-3-12(16)14(11)13(8-18)19-10-6-4-9(17)5-7-10/h1-7,13,19H,8,18H2. The number of rotatable bonds is 4. The molecular weight excluding hydrogens is 286 g/mol. The summed E-state index contributed by atoms with van der Waals surface area (Å²) in [5, 5.41) is 4.30. The van der Waals surface area contributed by atoms with Gasteiger partial charge >= 0.3 is 0 Å². The van der Waals surface area contributed by atoms with Crippen LogP contribution in [0.15, 0.2) is 42.5 Å². The quantitative estimate of drug-likeness (QED) is 0.886. The molecule has 2 aromatic carbocycles. The summed E-state index contributed by atoms with van der Waals surface area (Å²) < 4.78 is 12.9. The first-order valence-electron chi connectivity index (χ1n) is 5.78. The molecule has 100 valence electrons. The van der Waals surface area contributed by atoms with Crippen molar-refractivity contribution in [1.29, 1.82) is 0 Å². The number of nitrogens with two attached hydrogens (primary N) is 1. The van der Waals surface area contributed by atoms with Crippen molar-refractivity contribution in [3.8, 4) is 0 Å². The fraction of sp³-hybridized carbons (Fsp3) is 0.143. The molecule has 0 aromatic heterocycles. The summed E-state index contributed by atoms with van der Waals surface area (Å²) in [4.78, 5) is 0. The van der Waals surface area contributed by atoms with Crippen molar-refractivity contribution in [2.75, 3.05) is 11.9 Å². The molecule has 2 nitrogen and oxygen atoms in total. The van der Waals surface area contributed by atoms with E-state index in [4.69, 9.17) is 28.9 Å². The third kappa shape index (κ3) is 3.38. The van der Waals surface area contributed by atoms with E-state index in [0.717, 1.165) is 11.3 Å². The summed E-state index contributed by atoms with van der Waals surface area (Å²) in [6, 6.07) is 11.1. The molecule has 0 radical (unpaired) electrons. The van der Waals surface area contributed by atoms with Gasteiger partial charge in [-0.1, -0.05) is 29.3 Å². The van der Waals surface area contributed by atoms with E-state index in [2.05, 4.69) is 5.32 Å². The van der Waals surface area contributed by atoms with Crippen LogP contribution in [0.5, 0.6) is 0 Å². The highest BCUT2D eigenvalue weighted by molar-refractivity contribution is 6.36. The van der Waals surface area contributed by atoms with Crippen molar-refractivity contribution >= 4 is 28.9 Å². The van der Waals surface area contributed by atoms with Crippen LogP contribution in [-0.2, 0) is 0 Å². The van der Waals surface area contributed by atoms with Crippen LogP contribution in [0, 0.1) is 5.82 Å². The Morgan fingerprint density at radius 1 is 1.05 bits per heavy atom. The van der Waals surface area contributed by atoms with Gasteiger partial charge in [0.25, 0.3) is 0 Å². The molecule has 0 spiro atoms. The number of nitrogens with one attached hydrogen (secondary N) is 1. The highest BCUT2D eigenvalue weighted by Crippen LogP contribution is 2.31. The Hall–Kier alpha value is -1.29. The normalized spacial score (nSPS) is 12.2. The van der Waals surface area contributed by atoms with Gasteiger partial charge in [0.1, 0.15) is 5.82 Å². The van der Waals surface area contributed by atoms with Crippen LogP contribution in [0.3, 0.4) is 0 Å². The first-order chi connectivity index (χ1) is 9.11. The van der Waals surface area contributed by atoms with Crippen molar-refractivity contribution in [3.05, 3.63) is 63.9 Å². The molecule has 0 aliphatic carbocycles. The van der Waals surface area contributed by atoms with Crippen LogP contribution < -0.4 is 11.1 Å². The van der Waals surface area contributed by atoms with E-state index >= 15 is 0 Å². The summed E-state index contributed by atoms with van der Waals surface area (Å²) in [7, 11) is 0. The Labute approximate surface area is 121 Å². The molecule has 0 fully saturated rings. The Morgan fingerprint density at radius 2 is 1.63 bits per heavy atom. The Kier molecular flexibility index (Phi) is 4.64. The fourth-order valence-corrected chi connectivity index (χ4v) is 2.50. The third-order valence-electron chi connectivity index (χ3n) is 2.77. The van der Waals surface area contributed by atoms with Crippen molar-refractivity contribution in [1.82, 2.24) is 0 Å². The van der Waals surface area contributed by atoms with Crippen LogP contribution in [0.2, 0.25) is 10.0 Å². The molecule has 0 bridgehead atoms. The SMILES string of the molecule is NCC(Nc1ccc(F)cc1)c1c(Cl)cccc1Cl. The monoisotopic (exact) mass is 298 g/mol. The van der Waals surface area contributed by atoms with Crippen LogP contribution >= 0.6 is 23.2 Å². The molecule has 5 heteroatoms. The van der Waals surface area contributed by atoms with Crippen molar-refractivity contribution < 1.29 is 4.39 Å². The molecule has 1 unspecified atom stereocenters. The van der Waals surface area contributed by atoms with Crippen LogP contribution in [-0.4, -0.2) is 6.54 Å². The first-order valence-corrected chi connectivity index (χ1v) is 6.53. The van der Waals surface area contributed by atoms with E-state index < -0.39 is 0 Å². The molecule has 2 aromatic rings. The summed E-state index contributed by atoms with van der Waals surface area (Å²) in [6.45, 7) is 0.320. The number of hydrogen-bond donors (Lipinski definition) is 2. The predicted molar refractivity (Wildman–Crippen MR) is 78.3 cm³/mol. The van der Waals surface area contributed by atoms with Gasteiger partial charge in [-0.2, -0.15) is 0 Å². The minimum Gasteiger partial charge on any atom is -0.377 e. The van der Waals surface area contributed by atoms with Gasteiger partial charge in [0.2, 0.25) is 0 Å². The Bertz CT molecular complexity index is 538. The lowest BCUT2D eigenvalue weighted by Crippen LogP contribution is -2.21. The summed E-state index contributed by atoms with van der Waals surface area (Å²) in [5.74, 6) is -0.286. The number of hydrogen-bond acceptors (Lipinski definition) is 2. The highest BCUT2D eigenvalue weighted by atomic mass is 35.5. The molecule has 0 amide bonds. The van der Waals surface area contributed by atoms with Gasteiger partial charge in [-0.3, -0.25) is 0 Å². The molecule has 0 saturated heterocycles. The maximum absolute atomic E-state index is 12.9. The highest BCUT2D eigenvalue weighted by Gasteiger charge is 2.16. The molecule has 19 heavy (non-hydrogen) atoms. The maximum atomic E-state index is 12.9. The van der Waals surface area contributed by atoms with E-state index in [1.165, 1.54) is 12.1 Å². The smallest absolute Gasteiger partial charge is 0.123 e. The molecule has 3 N–H and O–H groups in total. The summed E-state index contributed by atoms with van der Waals surface area (Å²) in [5.41, 5.74) is 7.27. The number of benzene rings is 2. The predicted octanol–water partition coefficient (Wildman–Crippen LogP) is 4.24. The lowest BCUT2D eigenvalue weighted by molar-refractivity contribution is 0.628. The van der Waals surface area contributed by atoms with E-state index in [1.807, 2.05) is 0 Å². The molecular formula is C14H13Cl2FN2. The summed E-state index contributed by atoms with van der Waals surface area (Å²) >= 11 is 12.3. The average Bonchev–Trinajstić information content (AvgIpc) is 2.39. The zero-order valence-electron chi connectivity index (χ0n) is 10.0. The minimum absolute atomic E-state index is 0.230. The van der Waals surface area contributed by atoms with Crippen molar-refractivity contribution in [3.63, 3.8) is 0 Å². The average molecular weight is 299 g/mol. The molecule has 1 atom stereocenters. The second-order valence-electron chi connectivity index (χ2n) is 4.07. The third-order valence-corrected chi connectivity index (χ3v) is 3.43. The van der Waals surface area contributed by atoms with E-state index in [1.54, 1.807) is 30.3 Å². The molecule has 0 aliphatic rings. The number of anilines is 1. The van der Waals surface area contributed by atoms with Gasteiger partial charge < -0.3 is 11.1 Å². The summed E-state index contributed by atoms with van der Waals surface area (Å²) in [6.07, 6.45) is 0. The fourth-order valence-electron chi connectivity index (χ4n) is 1.84. The lowest BCUT2D eigenvalue weighted by Gasteiger charge is -2.21. The van der Waals surface area contributed by atoms with Crippen molar-refractivity contribution in [2.24, 2.45) is 5.73 Å². The van der Waals surface area contributed by atoms with Gasteiger partial charge in [0.15, 0.2) is 0 Å². The van der Waals surface area contributed by atoms with Crippen molar-refractivity contribution in [2.45, 2.75) is 6.04 Å². The first kappa shape index (κ1) is 14.1. The van der Waals surface area contributed by atoms with Crippen LogP contribution in [0.1, 0.15) is 11.6 Å². The second kappa shape index (κ2) is 6.24. The molecule has 2 rings (SSSR count). The zero-order valence-corrected chi connectivity index (χ0v) is 11.5. The van der Waals surface area contributed by atoms with E-state index in [0.29, 0.717) is 16.6 Å². The minimum atomic E-state index is -0.286. The van der Waals surface area contributed by atoms with Gasteiger partial charge in [0, 0.05) is 27.8 Å². The zero-order chi connectivity index (χ0) is 13.8. The van der Waals surface area contributed by atoms with Gasteiger partial charge in [-0.25, -0.2) is 4.39 Å². The van der Waals surface area contributed by atoms with Crippen LogP contribution in [0.4, 0.5) is 10.1 Å². The Morgan fingerprint density at radius 3 is 2.16 bits per heavy atom. The molecule has 0 aliphatic heterocycles. The Balaban J connectivity index is 2.27. The van der Waals surface area contributed by atoms with E-state index in [9.17, 15) is 4.39 Å². The van der Waals surface area contributed by atoms with Gasteiger partial charge in [-0.05, 0) is 36.4 Å². The van der Waals surface area contributed by atoms with Gasteiger partial charge in [0.05, 0.1) is 6.04 Å². The maximum Gasteiger partial charge on any atom is 0.123 e.